The summed E-state index contributed by atoms with van der Waals surface area (Å²) in [5.74, 6) is 0.816. The van der Waals surface area contributed by atoms with Crippen molar-refractivity contribution >= 4 is 44.6 Å². The lowest BCUT2D eigenvalue weighted by Gasteiger charge is -2.12. The third-order valence-electron chi connectivity index (χ3n) is 4.25. The van der Waals surface area contributed by atoms with Crippen LogP contribution in [0.4, 0.5) is 0 Å². The number of nitriles is 1. The lowest BCUT2D eigenvalue weighted by molar-refractivity contribution is -0.145. The highest BCUT2D eigenvalue weighted by molar-refractivity contribution is 9.10. The number of methoxy groups -OCH3 is 1. The van der Waals surface area contributed by atoms with Crippen molar-refractivity contribution in [1.29, 1.82) is 5.26 Å². The average Bonchev–Trinajstić information content (AvgIpc) is 3.14. The maximum absolute atomic E-state index is 11.5. The molecule has 0 amide bonds. The van der Waals surface area contributed by atoms with E-state index in [9.17, 15) is 10.1 Å². The Morgan fingerprint density at radius 1 is 1.30 bits per heavy atom. The van der Waals surface area contributed by atoms with Crippen molar-refractivity contribution in [1.82, 2.24) is 9.97 Å². The zero-order chi connectivity index (χ0) is 21.7. The van der Waals surface area contributed by atoms with Gasteiger partial charge < -0.3 is 19.2 Å². The molecule has 3 aromatic rings. The summed E-state index contributed by atoms with van der Waals surface area (Å²) < 4.78 is 16.4. The number of aromatic amines is 1. The smallest absolute Gasteiger partial charge is 0.344 e. The Bertz CT molecular complexity index is 1160. The fourth-order valence-corrected chi connectivity index (χ4v) is 3.27. The van der Waals surface area contributed by atoms with Crippen LogP contribution in [0, 0.1) is 18.3 Å². The van der Waals surface area contributed by atoms with Crippen LogP contribution in [-0.4, -0.2) is 36.3 Å². The fourth-order valence-electron chi connectivity index (χ4n) is 2.83. The summed E-state index contributed by atoms with van der Waals surface area (Å²) in [7, 11) is 1.50. The van der Waals surface area contributed by atoms with E-state index < -0.39 is 5.97 Å². The van der Waals surface area contributed by atoms with Gasteiger partial charge in [-0.05, 0) is 55.3 Å². The van der Waals surface area contributed by atoms with Crippen LogP contribution in [0.5, 0.6) is 11.5 Å². The highest BCUT2D eigenvalue weighted by Gasteiger charge is 2.14. The molecule has 0 atom stereocenters. The van der Waals surface area contributed by atoms with Gasteiger partial charge in [0, 0.05) is 4.47 Å². The number of hydrogen-bond donors (Lipinski definition) is 1. The van der Waals surface area contributed by atoms with Crippen molar-refractivity contribution in [2.75, 3.05) is 20.3 Å². The zero-order valence-corrected chi connectivity index (χ0v) is 18.4. The van der Waals surface area contributed by atoms with E-state index in [2.05, 4.69) is 32.0 Å². The number of fused-ring (bicyclic) bond motifs is 1. The summed E-state index contributed by atoms with van der Waals surface area (Å²) in [6.45, 7) is 3.78. The first kappa shape index (κ1) is 21.4. The average molecular weight is 470 g/mol. The van der Waals surface area contributed by atoms with Gasteiger partial charge in [-0.15, -0.1) is 0 Å². The molecule has 7 nitrogen and oxygen atoms in total. The number of aryl methyl sites for hydroxylation is 1. The molecule has 0 saturated carbocycles. The maximum Gasteiger partial charge on any atom is 0.344 e. The van der Waals surface area contributed by atoms with Gasteiger partial charge in [-0.1, -0.05) is 22.0 Å². The van der Waals surface area contributed by atoms with Gasteiger partial charge in [0.05, 0.1) is 30.3 Å². The molecule has 0 fully saturated rings. The number of esters is 1. The molecule has 0 unspecified atom stereocenters. The molecule has 1 heterocycles. The summed E-state index contributed by atoms with van der Waals surface area (Å²) in [5.41, 5.74) is 3.82. The van der Waals surface area contributed by atoms with Gasteiger partial charge in [0.1, 0.15) is 11.9 Å². The number of nitrogens with zero attached hydrogens (tertiary/aromatic N) is 2. The molecule has 0 aliphatic rings. The van der Waals surface area contributed by atoms with Crippen molar-refractivity contribution in [3.63, 3.8) is 0 Å². The van der Waals surface area contributed by atoms with Crippen LogP contribution in [0.15, 0.2) is 34.8 Å². The molecule has 3 rings (SSSR count). The summed E-state index contributed by atoms with van der Waals surface area (Å²) in [5, 5.41) is 9.69. The first-order valence-corrected chi connectivity index (χ1v) is 9.99. The zero-order valence-electron chi connectivity index (χ0n) is 16.8. The molecular weight excluding hydrogens is 450 g/mol. The van der Waals surface area contributed by atoms with Crippen LogP contribution in [0.3, 0.4) is 0 Å². The Balaban J connectivity index is 1.93. The molecule has 1 N–H and O–H groups in total. The quantitative estimate of drug-likeness (QED) is 0.399. The third-order valence-corrected chi connectivity index (χ3v) is 4.93. The van der Waals surface area contributed by atoms with Crippen LogP contribution in [0.25, 0.3) is 22.7 Å². The van der Waals surface area contributed by atoms with E-state index in [0.29, 0.717) is 32.9 Å². The molecule has 30 heavy (non-hydrogen) atoms. The highest BCUT2D eigenvalue weighted by Crippen LogP contribution is 2.35. The molecule has 0 aliphatic heterocycles. The number of carbonyl (C=O) groups is 1. The molecule has 154 valence electrons. The summed E-state index contributed by atoms with van der Waals surface area (Å²) in [4.78, 5) is 19.2. The van der Waals surface area contributed by atoms with Crippen LogP contribution >= 0.6 is 15.9 Å². The molecule has 0 aliphatic carbocycles. The summed E-state index contributed by atoms with van der Waals surface area (Å²) in [6.07, 6.45) is 1.70. The topological polar surface area (TPSA) is 97.2 Å². The van der Waals surface area contributed by atoms with Crippen molar-refractivity contribution in [3.05, 3.63) is 51.8 Å². The number of imidazole rings is 1. The van der Waals surface area contributed by atoms with Gasteiger partial charge in [0.15, 0.2) is 18.1 Å². The van der Waals surface area contributed by atoms with Crippen LogP contribution < -0.4 is 9.47 Å². The Kier molecular flexibility index (Phi) is 6.75. The number of rotatable bonds is 7. The number of nitrogens with one attached hydrogen (secondary N) is 1. The Morgan fingerprint density at radius 3 is 2.80 bits per heavy atom. The second kappa shape index (κ2) is 9.46. The molecule has 2 aromatic carbocycles. The second-order valence-electron chi connectivity index (χ2n) is 6.39. The Morgan fingerprint density at radius 2 is 2.10 bits per heavy atom. The van der Waals surface area contributed by atoms with E-state index in [1.54, 1.807) is 25.1 Å². The van der Waals surface area contributed by atoms with E-state index >= 15 is 0 Å². The fraction of sp³-hybridized carbons (Fsp3) is 0.227. The minimum absolute atomic E-state index is 0.228. The number of ether oxygens (including phenoxy) is 3. The van der Waals surface area contributed by atoms with Crippen LogP contribution in [-0.2, 0) is 9.53 Å². The second-order valence-corrected chi connectivity index (χ2v) is 7.25. The standard InChI is InChI=1S/C22H20BrN3O4/c1-4-29-21(27)12-30-20-10-16(23)14(9-19(20)28-3)8-15(11-24)22-25-17-6-5-13(2)7-18(17)26-22/h5-10H,4,12H2,1-3H3,(H,25,26). The van der Waals surface area contributed by atoms with Gasteiger partial charge >= 0.3 is 5.97 Å². The van der Waals surface area contributed by atoms with Crippen molar-refractivity contribution in [3.8, 4) is 17.6 Å². The SMILES string of the molecule is CCOC(=O)COc1cc(Br)c(C=C(C#N)c2nc3ccc(C)cc3[nH]2)cc1OC. The summed E-state index contributed by atoms with van der Waals surface area (Å²) >= 11 is 3.49. The first-order chi connectivity index (χ1) is 14.4. The minimum atomic E-state index is -0.466. The number of carbonyl (C=O) groups excluding carboxylic acids is 1. The van der Waals surface area contributed by atoms with Gasteiger partial charge in [-0.2, -0.15) is 5.26 Å². The van der Waals surface area contributed by atoms with Crippen LogP contribution in [0.1, 0.15) is 23.9 Å². The van der Waals surface area contributed by atoms with E-state index in [-0.39, 0.29) is 13.2 Å². The Labute approximate surface area is 182 Å². The maximum atomic E-state index is 11.5. The Hall–Kier alpha value is -3.31. The molecule has 0 spiro atoms. The van der Waals surface area contributed by atoms with E-state index in [4.69, 9.17) is 14.2 Å². The third kappa shape index (κ3) is 4.81. The molecule has 8 heteroatoms. The van der Waals surface area contributed by atoms with E-state index in [1.165, 1.54) is 7.11 Å². The predicted octanol–water partition coefficient (Wildman–Crippen LogP) is 4.65. The lowest BCUT2D eigenvalue weighted by atomic mass is 10.1. The molecule has 0 radical (unpaired) electrons. The molecular formula is C22H20BrN3O4. The van der Waals surface area contributed by atoms with E-state index in [1.807, 2.05) is 25.1 Å². The van der Waals surface area contributed by atoms with Gasteiger partial charge in [-0.3, -0.25) is 0 Å². The van der Waals surface area contributed by atoms with E-state index in [0.717, 1.165) is 16.6 Å². The normalized spacial score (nSPS) is 11.2. The summed E-state index contributed by atoms with van der Waals surface area (Å²) in [6, 6.07) is 11.5. The first-order valence-electron chi connectivity index (χ1n) is 9.19. The number of benzene rings is 2. The van der Waals surface area contributed by atoms with Crippen molar-refractivity contribution < 1.29 is 19.0 Å². The predicted molar refractivity (Wildman–Crippen MR) is 117 cm³/mol. The van der Waals surface area contributed by atoms with Gasteiger partial charge in [-0.25, -0.2) is 9.78 Å². The molecule has 1 aromatic heterocycles. The minimum Gasteiger partial charge on any atom is -0.493 e. The monoisotopic (exact) mass is 469 g/mol. The number of aromatic nitrogens is 2. The highest BCUT2D eigenvalue weighted by atomic mass is 79.9. The lowest BCUT2D eigenvalue weighted by Crippen LogP contribution is -2.15. The van der Waals surface area contributed by atoms with Gasteiger partial charge in [0.25, 0.3) is 0 Å². The van der Waals surface area contributed by atoms with Crippen molar-refractivity contribution in [2.45, 2.75) is 13.8 Å². The largest absolute Gasteiger partial charge is 0.493 e. The van der Waals surface area contributed by atoms with Crippen LogP contribution in [0.2, 0.25) is 0 Å². The number of H-pyrrole nitrogens is 1. The van der Waals surface area contributed by atoms with Gasteiger partial charge in [0.2, 0.25) is 0 Å². The van der Waals surface area contributed by atoms with Crippen molar-refractivity contribution in [2.24, 2.45) is 0 Å². The molecule has 0 saturated heterocycles. The molecule has 0 bridgehead atoms. The number of hydrogen-bond acceptors (Lipinski definition) is 6. The number of allylic oxidation sites excluding steroid dienone is 1. The number of halogens is 1.